The van der Waals surface area contributed by atoms with Crippen LogP contribution in [0.1, 0.15) is 31.4 Å². The summed E-state index contributed by atoms with van der Waals surface area (Å²) >= 11 is 1.33. The normalized spacial score (nSPS) is 10.9. The Hall–Kier alpha value is -1.04. The lowest BCUT2D eigenvalue weighted by Crippen LogP contribution is -2.01. The second kappa shape index (κ2) is 5.16. The summed E-state index contributed by atoms with van der Waals surface area (Å²) in [6.07, 6.45) is 0. The molecule has 0 spiro atoms. The highest BCUT2D eigenvalue weighted by atomic mass is 32.2. The van der Waals surface area contributed by atoms with Gasteiger partial charge >= 0.3 is 5.97 Å². The molecule has 1 heterocycles. The number of aromatic nitrogens is 3. The molecule has 0 saturated heterocycles. The predicted octanol–water partition coefficient (Wildman–Crippen LogP) is 1.26. The molecule has 0 unspecified atom stereocenters. The molecule has 1 aromatic heterocycles. The predicted molar refractivity (Wildman–Crippen MR) is 58.9 cm³/mol. The van der Waals surface area contributed by atoms with Gasteiger partial charge < -0.3 is 5.11 Å². The van der Waals surface area contributed by atoms with Crippen molar-refractivity contribution in [2.75, 3.05) is 5.75 Å². The van der Waals surface area contributed by atoms with Crippen molar-refractivity contribution in [3.05, 3.63) is 11.6 Å². The molecule has 0 atom stereocenters. The molecular weight excluding hydrogens is 214 g/mol. The molecule has 6 heteroatoms. The van der Waals surface area contributed by atoms with Crippen molar-refractivity contribution >= 4 is 17.7 Å². The van der Waals surface area contributed by atoms with Crippen LogP contribution in [0.25, 0.3) is 0 Å². The van der Waals surface area contributed by atoms with Gasteiger partial charge in [-0.05, 0) is 0 Å². The van der Waals surface area contributed by atoms with Gasteiger partial charge in [-0.3, -0.25) is 9.48 Å². The van der Waals surface area contributed by atoms with E-state index in [2.05, 4.69) is 10.1 Å². The first-order valence-electron chi connectivity index (χ1n) is 4.70. The summed E-state index contributed by atoms with van der Waals surface area (Å²) in [5, 5.41) is 12.7. The van der Waals surface area contributed by atoms with Crippen LogP contribution < -0.4 is 0 Å². The van der Waals surface area contributed by atoms with Crippen molar-refractivity contribution in [1.29, 1.82) is 0 Å². The maximum absolute atomic E-state index is 10.3. The molecule has 1 N–H and O–H groups in total. The first-order valence-corrected chi connectivity index (χ1v) is 5.85. The Labute approximate surface area is 92.9 Å². The fourth-order valence-electron chi connectivity index (χ4n) is 1.04. The van der Waals surface area contributed by atoms with E-state index in [1.807, 2.05) is 20.9 Å². The number of carbonyl (C=O) groups is 1. The van der Waals surface area contributed by atoms with Crippen molar-refractivity contribution in [2.24, 2.45) is 7.05 Å². The molecule has 0 fully saturated rings. The van der Waals surface area contributed by atoms with Crippen LogP contribution in [-0.4, -0.2) is 31.6 Å². The van der Waals surface area contributed by atoms with Gasteiger partial charge in [0.05, 0.1) is 11.5 Å². The van der Waals surface area contributed by atoms with Gasteiger partial charge in [0.1, 0.15) is 5.82 Å². The Morgan fingerprint density at radius 1 is 1.60 bits per heavy atom. The van der Waals surface area contributed by atoms with E-state index in [-0.39, 0.29) is 5.75 Å². The van der Waals surface area contributed by atoms with Crippen molar-refractivity contribution in [3.63, 3.8) is 0 Å². The number of carboxylic acids is 1. The Morgan fingerprint density at radius 3 is 2.73 bits per heavy atom. The van der Waals surface area contributed by atoms with Crippen molar-refractivity contribution in [3.8, 4) is 0 Å². The molecule has 0 aliphatic heterocycles. The summed E-state index contributed by atoms with van der Waals surface area (Å²) in [4.78, 5) is 14.7. The largest absolute Gasteiger partial charge is 0.481 e. The SMILES string of the molecule is CC(C)c1nc(CSCC(=O)O)n(C)n1. The fourth-order valence-corrected chi connectivity index (χ4v) is 1.75. The zero-order valence-electron chi connectivity index (χ0n) is 9.10. The van der Waals surface area contributed by atoms with Crippen LogP contribution in [-0.2, 0) is 17.6 Å². The van der Waals surface area contributed by atoms with Gasteiger partial charge in [0.2, 0.25) is 0 Å². The first kappa shape index (κ1) is 12.0. The molecular formula is C9H15N3O2S. The van der Waals surface area contributed by atoms with Crippen molar-refractivity contribution in [1.82, 2.24) is 14.8 Å². The smallest absolute Gasteiger partial charge is 0.313 e. The van der Waals surface area contributed by atoms with Gasteiger partial charge in [-0.25, -0.2) is 4.98 Å². The van der Waals surface area contributed by atoms with Crippen LogP contribution in [0.4, 0.5) is 0 Å². The maximum Gasteiger partial charge on any atom is 0.313 e. The minimum absolute atomic E-state index is 0.101. The lowest BCUT2D eigenvalue weighted by molar-refractivity contribution is -0.133. The van der Waals surface area contributed by atoms with Crippen LogP contribution in [0, 0.1) is 0 Å². The summed E-state index contributed by atoms with van der Waals surface area (Å²) < 4.78 is 1.71. The van der Waals surface area contributed by atoms with E-state index in [4.69, 9.17) is 5.11 Å². The molecule has 0 aliphatic carbocycles. The minimum atomic E-state index is -0.800. The number of aryl methyl sites for hydroxylation is 1. The lowest BCUT2D eigenvalue weighted by Gasteiger charge is -1.97. The van der Waals surface area contributed by atoms with Crippen LogP contribution >= 0.6 is 11.8 Å². The number of hydrogen-bond donors (Lipinski definition) is 1. The van der Waals surface area contributed by atoms with Crippen LogP contribution in [0.3, 0.4) is 0 Å². The van der Waals surface area contributed by atoms with E-state index in [1.165, 1.54) is 11.8 Å². The molecule has 0 radical (unpaired) electrons. The fraction of sp³-hybridized carbons (Fsp3) is 0.667. The van der Waals surface area contributed by atoms with Crippen LogP contribution in [0.5, 0.6) is 0 Å². The summed E-state index contributed by atoms with van der Waals surface area (Å²) in [5.41, 5.74) is 0. The van der Waals surface area contributed by atoms with Gasteiger partial charge in [0.25, 0.3) is 0 Å². The summed E-state index contributed by atoms with van der Waals surface area (Å²) in [7, 11) is 1.83. The Kier molecular flexibility index (Phi) is 4.14. The average Bonchev–Trinajstić information content (AvgIpc) is 2.47. The highest BCUT2D eigenvalue weighted by Crippen LogP contribution is 2.13. The summed E-state index contributed by atoms with van der Waals surface area (Å²) in [5.74, 6) is 1.82. The third-order valence-corrected chi connectivity index (χ3v) is 2.76. The highest BCUT2D eigenvalue weighted by Gasteiger charge is 2.10. The molecule has 84 valence electrons. The maximum atomic E-state index is 10.3. The monoisotopic (exact) mass is 229 g/mol. The summed E-state index contributed by atoms with van der Waals surface area (Å²) in [6, 6.07) is 0. The number of carboxylic acid groups (broad SMARTS) is 1. The third-order valence-electron chi connectivity index (χ3n) is 1.84. The molecule has 5 nitrogen and oxygen atoms in total. The Bertz CT molecular complexity index is 349. The number of hydrogen-bond acceptors (Lipinski definition) is 4. The average molecular weight is 229 g/mol. The van der Waals surface area contributed by atoms with Crippen molar-refractivity contribution < 1.29 is 9.90 Å². The molecule has 0 aliphatic rings. The standard InChI is InChI=1S/C9H15N3O2S/c1-6(2)9-10-7(12(3)11-9)4-15-5-8(13)14/h6H,4-5H2,1-3H3,(H,13,14). The van der Waals surface area contributed by atoms with Gasteiger partial charge in [0, 0.05) is 13.0 Å². The van der Waals surface area contributed by atoms with E-state index < -0.39 is 5.97 Å². The van der Waals surface area contributed by atoms with E-state index >= 15 is 0 Å². The van der Waals surface area contributed by atoms with Gasteiger partial charge in [0.15, 0.2) is 5.82 Å². The molecule has 15 heavy (non-hydrogen) atoms. The number of nitrogens with zero attached hydrogens (tertiary/aromatic N) is 3. The molecule has 1 rings (SSSR count). The van der Waals surface area contributed by atoms with Crippen molar-refractivity contribution in [2.45, 2.75) is 25.5 Å². The molecule has 0 aromatic carbocycles. The molecule has 0 saturated carbocycles. The van der Waals surface area contributed by atoms with Gasteiger partial charge in [-0.1, -0.05) is 13.8 Å². The van der Waals surface area contributed by atoms with Gasteiger partial charge in [-0.2, -0.15) is 5.10 Å². The zero-order valence-corrected chi connectivity index (χ0v) is 9.91. The quantitative estimate of drug-likeness (QED) is 0.823. The number of aliphatic carboxylic acids is 1. The minimum Gasteiger partial charge on any atom is -0.481 e. The molecule has 1 aromatic rings. The third kappa shape index (κ3) is 3.54. The van der Waals surface area contributed by atoms with E-state index in [1.54, 1.807) is 4.68 Å². The van der Waals surface area contributed by atoms with Gasteiger partial charge in [-0.15, -0.1) is 11.8 Å². The summed E-state index contributed by atoms with van der Waals surface area (Å²) in [6.45, 7) is 4.06. The topological polar surface area (TPSA) is 68.0 Å². The highest BCUT2D eigenvalue weighted by molar-refractivity contribution is 7.99. The first-order chi connectivity index (χ1) is 7.00. The zero-order chi connectivity index (χ0) is 11.4. The van der Waals surface area contributed by atoms with E-state index in [0.29, 0.717) is 11.7 Å². The molecule has 0 bridgehead atoms. The van der Waals surface area contributed by atoms with E-state index in [0.717, 1.165) is 11.6 Å². The second-order valence-corrected chi connectivity index (χ2v) is 4.54. The van der Waals surface area contributed by atoms with E-state index in [9.17, 15) is 4.79 Å². The number of rotatable bonds is 5. The molecule has 0 amide bonds. The number of thioether (sulfide) groups is 1. The second-order valence-electron chi connectivity index (χ2n) is 3.55. The lowest BCUT2D eigenvalue weighted by atomic mass is 10.2. The Balaban J connectivity index is 2.57. The van der Waals surface area contributed by atoms with Crippen LogP contribution in [0.15, 0.2) is 0 Å². The Morgan fingerprint density at radius 2 is 2.27 bits per heavy atom. The van der Waals surface area contributed by atoms with Crippen LogP contribution in [0.2, 0.25) is 0 Å².